The third-order valence-electron chi connectivity index (χ3n) is 14.3. The van der Waals surface area contributed by atoms with Crippen LogP contribution in [0.25, 0.3) is 44.3 Å². The monoisotopic (exact) mass is 841 g/mol. The third-order valence-corrected chi connectivity index (χ3v) is 14.3. The maximum Gasteiger partial charge on any atom is 0.135 e. The van der Waals surface area contributed by atoms with Gasteiger partial charge in [0.25, 0.3) is 0 Å². The molecule has 0 atom stereocenters. The van der Waals surface area contributed by atoms with E-state index in [1.807, 2.05) is 6.07 Å². The van der Waals surface area contributed by atoms with Gasteiger partial charge in [-0.2, -0.15) is 0 Å². The van der Waals surface area contributed by atoms with Crippen molar-refractivity contribution in [3.8, 4) is 33.4 Å². The Hall–Kier alpha value is -8.46. The van der Waals surface area contributed by atoms with E-state index in [2.05, 4.69) is 254 Å². The van der Waals surface area contributed by atoms with Crippen LogP contribution < -0.4 is 4.90 Å². The molecule has 2 nitrogen and oxygen atoms in total. The second kappa shape index (κ2) is 15.1. The van der Waals surface area contributed by atoms with Crippen LogP contribution in [0.2, 0.25) is 0 Å². The van der Waals surface area contributed by atoms with Gasteiger partial charge in [-0.15, -0.1) is 0 Å². The van der Waals surface area contributed by atoms with Crippen molar-refractivity contribution < 1.29 is 4.42 Å². The first kappa shape index (κ1) is 38.0. The van der Waals surface area contributed by atoms with Crippen LogP contribution in [0.3, 0.4) is 0 Å². The second-order valence-electron chi connectivity index (χ2n) is 17.6. The summed E-state index contributed by atoms with van der Waals surface area (Å²) >= 11 is 0. The quantitative estimate of drug-likeness (QED) is 0.152. The van der Waals surface area contributed by atoms with E-state index in [0.29, 0.717) is 0 Å². The number of benzene rings is 10. The molecule has 0 amide bonds. The predicted octanol–water partition coefficient (Wildman–Crippen LogP) is 16.3. The summed E-state index contributed by atoms with van der Waals surface area (Å²) in [6.45, 7) is 0. The van der Waals surface area contributed by atoms with Gasteiger partial charge in [-0.3, -0.25) is 0 Å². The van der Waals surface area contributed by atoms with E-state index in [1.54, 1.807) is 6.26 Å². The molecule has 1 heterocycles. The maximum atomic E-state index is 6.07. The number of anilines is 3. The van der Waals surface area contributed by atoms with Gasteiger partial charge in [-0.25, -0.2) is 0 Å². The molecule has 0 radical (unpaired) electrons. The zero-order valence-corrected chi connectivity index (χ0v) is 36.2. The minimum atomic E-state index is -0.533. The van der Waals surface area contributed by atoms with E-state index >= 15 is 0 Å². The minimum Gasteiger partial charge on any atom is -0.464 e. The van der Waals surface area contributed by atoms with E-state index in [9.17, 15) is 0 Å². The summed E-state index contributed by atoms with van der Waals surface area (Å²) in [5, 5.41) is 1.07. The second-order valence-corrected chi connectivity index (χ2v) is 17.6. The Labute approximate surface area is 385 Å². The van der Waals surface area contributed by atoms with E-state index in [1.165, 1.54) is 66.8 Å². The van der Waals surface area contributed by atoms with Crippen molar-refractivity contribution in [1.82, 2.24) is 0 Å². The van der Waals surface area contributed by atoms with Gasteiger partial charge in [0.1, 0.15) is 5.58 Å². The molecule has 0 saturated heterocycles. The van der Waals surface area contributed by atoms with Crippen molar-refractivity contribution in [1.29, 1.82) is 0 Å². The number of nitrogens with zero attached hydrogens (tertiary/aromatic N) is 1. The lowest BCUT2D eigenvalue weighted by Gasteiger charge is -2.35. The van der Waals surface area contributed by atoms with E-state index in [4.69, 9.17) is 4.42 Å². The van der Waals surface area contributed by atoms with Gasteiger partial charge in [-0.05, 0) is 126 Å². The summed E-state index contributed by atoms with van der Waals surface area (Å²) in [5.74, 6) is 0. The molecular formula is C64H43NO. The van der Waals surface area contributed by atoms with Crippen molar-refractivity contribution in [3.05, 3.63) is 306 Å². The zero-order chi connectivity index (χ0) is 43.7. The Kier molecular flexibility index (Phi) is 8.69. The maximum absolute atomic E-state index is 6.07. The van der Waals surface area contributed by atoms with Crippen LogP contribution in [0, 0.1) is 0 Å². The highest BCUT2D eigenvalue weighted by atomic mass is 16.3. The lowest BCUT2D eigenvalue weighted by atomic mass is 9.67. The van der Waals surface area contributed by atoms with Crippen molar-refractivity contribution in [2.24, 2.45) is 0 Å². The summed E-state index contributed by atoms with van der Waals surface area (Å²) < 4.78 is 6.07. The SMILES string of the molecule is c1ccc(C2(c3ccccc3)c3ccccc3-c3ccc(-c4cccc(N(c5ccc6c(c5)C(c5ccccc5)(c5ccccc5)c5ccccc5-6)c5ccc6ccoc6c5)c4)cc32)cc1. The Morgan fingerprint density at radius 1 is 0.288 bits per heavy atom. The standard InChI is InChI=1S/C64H43NO/c1-5-19-47(20-6-1)63(48-21-7-2-8-22-48)58-30-15-13-28-54(58)56-36-33-46(41-60(56)63)45-18-17-27-51(40-45)65(53-34-32-44-38-39-66-62(44)43-53)52-35-37-57-55-29-14-16-31-59(55)64(61(57)42-52,49-23-9-3-10-24-49)50-25-11-4-12-26-50/h1-43H. The van der Waals surface area contributed by atoms with Crippen molar-refractivity contribution >= 4 is 28.0 Å². The molecule has 66 heavy (non-hydrogen) atoms. The predicted molar refractivity (Wildman–Crippen MR) is 271 cm³/mol. The van der Waals surface area contributed by atoms with Gasteiger partial charge >= 0.3 is 0 Å². The normalized spacial score (nSPS) is 13.7. The molecule has 2 aliphatic rings. The molecule has 10 aromatic carbocycles. The Balaban J connectivity index is 1.02. The van der Waals surface area contributed by atoms with Crippen LogP contribution >= 0.6 is 0 Å². The summed E-state index contributed by atoms with van der Waals surface area (Å²) in [4.78, 5) is 2.40. The van der Waals surface area contributed by atoms with Gasteiger partial charge in [-0.1, -0.05) is 200 Å². The Bertz CT molecular complexity index is 3510. The molecule has 11 aromatic rings. The summed E-state index contributed by atoms with van der Waals surface area (Å²) in [5.41, 5.74) is 20.5. The minimum absolute atomic E-state index is 0.488. The van der Waals surface area contributed by atoms with Crippen LogP contribution in [0.4, 0.5) is 17.1 Å². The molecule has 0 spiro atoms. The van der Waals surface area contributed by atoms with E-state index < -0.39 is 10.8 Å². The van der Waals surface area contributed by atoms with Gasteiger partial charge in [0.2, 0.25) is 0 Å². The van der Waals surface area contributed by atoms with E-state index in [-0.39, 0.29) is 0 Å². The summed E-state index contributed by atoms with van der Waals surface area (Å²) in [6.07, 6.45) is 1.77. The van der Waals surface area contributed by atoms with Crippen LogP contribution in [0.1, 0.15) is 44.5 Å². The summed E-state index contributed by atoms with van der Waals surface area (Å²) in [6, 6.07) is 93.9. The van der Waals surface area contributed by atoms with Gasteiger partial charge in [0.15, 0.2) is 0 Å². The largest absolute Gasteiger partial charge is 0.464 e. The number of hydrogen-bond donors (Lipinski definition) is 0. The van der Waals surface area contributed by atoms with Gasteiger partial charge in [0.05, 0.1) is 17.1 Å². The first-order chi connectivity index (χ1) is 32.7. The average Bonchev–Trinajstić information content (AvgIpc) is 4.08. The lowest BCUT2D eigenvalue weighted by molar-refractivity contribution is 0.616. The molecule has 0 saturated carbocycles. The molecular weight excluding hydrogens is 799 g/mol. The summed E-state index contributed by atoms with van der Waals surface area (Å²) in [7, 11) is 0. The molecule has 2 aliphatic carbocycles. The molecule has 1 aromatic heterocycles. The van der Waals surface area contributed by atoms with Gasteiger partial charge < -0.3 is 9.32 Å². The van der Waals surface area contributed by atoms with Gasteiger partial charge in [0, 0.05) is 28.5 Å². The molecule has 310 valence electrons. The van der Waals surface area contributed by atoms with Crippen molar-refractivity contribution in [3.63, 3.8) is 0 Å². The fourth-order valence-electron chi connectivity index (χ4n) is 11.5. The first-order valence-corrected chi connectivity index (χ1v) is 22.8. The average molecular weight is 842 g/mol. The van der Waals surface area contributed by atoms with Crippen molar-refractivity contribution in [2.75, 3.05) is 4.90 Å². The van der Waals surface area contributed by atoms with Crippen LogP contribution in [0.15, 0.2) is 265 Å². The van der Waals surface area contributed by atoms with Crippen LogP contribution in [-0.4, -0.2) is 0 Å². The number of furan rings is 1. The fraction of sp³-hybridized carbons (Fsp3) is 0.0312. The van der Waals surface area contributed by atoms with Crippen LogP contribution in [0.5, 0.6) is 0 Å². The molecule has 2 heteroatoms. The van der Waals surface area contributed by atoms with Crippen molar-refractivity contribution in [2.45, 2.75) is 10.8 Å². The zero-order valence-electron chi connectivity index (χ0n) is 36.2. The molecule has 0 N–H and O–H groups in total. The van der Waals surface area contributed by atoms with E-state index in [0.717, 1.165) is 39.2 Å². The number of fused-ring (bicyclic) bond motifs is 7. The lowest BCUT2D eigenvalue weighted by Crippen LogP contribution is -2.28. The topological polar surface area (TPSA) is 16.4 Å². The molecule has 0 aliphatic heterocycles. The van der Waals surface area contributed by atoms with Crippen LogP contribution in [-0.2, 0) is 10.8 Å². The number of rotatable bonds is 8. The molecule has 0 unspecified atom stereocenters. The number of hydrogen-bond acceptors (Lipinski definition) is 2. The third kappa shape index (κ3) is 5.55. The fourth-order valence-corrected chi connectivity index (χ4v) is 11.5. The first-order valence-electron chi connectivity index (χ1n) is 22.8. The smallest absolute Gasteiger partial charge is 0.135 e. The molecule has 13 rings (SSSR count). The Morgan fingerprint density at radius 3 is 1.30 bits per heavy atom. The highest BCUT2D eigenvalue weighted by Crippen LogP contribution is 2.59. The highest BCUT2D eigenvalue weighted by Gasteiger charge is 2.47. The molecule has 0 bridgehead atoms. The highest BCUT2D eigenvalue weighted by molar-refractivity contribution is 5.93. The molecule has 0 fully saturated rings. The Morgan fingerprint density at radius 2 is 0.727 bits per heavy atom.